The van der Waals surface area contributed by atoms with E-state index in [-0.39, 0.29) is 11.9 Å². The molecule has 2 aromatic rings. The standard InChI is InChI=1S/C13H15N3OS/c1-9(2)15-11-6-4-3-5-10(11)12(17)16-13-14-7-8-18-13/h3-9,15H,1-2H3,(H,14,16,17). The smallest absolute Gasteiger partial charge is 0.259 e. The Bertz CT molecular complexity index is 523. The number of anilines is 2. The Morgan fingerprint density at radius 3 is 2.78 bits per heavy atom. The van der Waals surface area contributed by atoms with E-state index in [2.05, 4.69) is 15.6 Å². The van der Waals surface area contributed by atoms with Gasteiger partial charge in [-0.05, 0) is 26.0 Å². The van der Waals surface area contributed by atoms with Crippen LogP contribution >= 0.6 is 11.3 Å². The van der Waals surface area contributed by atoms with Crippen molar-refractivity contribution >= 4 is 28.1 Å². The van der Waals surface area contributed by atoms with Crippen LogP contribution in [-0.4, -0.2) is 16.9 Å². The van der Waals surface area contributed by atoms with Gasteiger partial charge in [0, 0.05) is 23.3 Å². The van der Waals surface area contributed by atoms with Crippen molar-refractivity contribution in [3.05, 3.63) is 41.4 Å². The predicted octanol–water partition coefficient (Wildman–Crippen LogP) is 3.22. The third-order valence-electron chi connectivity index (χ3n) is 2.27. The van der Waals surface area contributed by atoms with Crippen molar-refractivity contribution in [2.24, 2.45) is 0 Å². The van der Waals surface area contributed by atoms with E-state index < -0.39 is 0 Å². The van der Waals surface area contributed by atoms with E-state index in [1.807, 2.05) is 37.4 Å². The summed E-state index contributed by atoms with van der Waals surface area (Å²) in [5, 5.41) is 8.47. The first-order valence-electron chi connectivity index (χ1n) is 5.73. The summed E-state index contributed by atoms with van der Waals surface area (Å²) in [6.07, 6.45) is 1.67. The van der Waals surface area contributed by atoms with E-state index in [1.165, 1.54) is 11.3 Å². The SMILES string of the molecule is CC(C)Nc1ccccc1C(=O)Nc1nccs1. The number of nitrogens with zero attached hydrogens (tertiary/aromatic N) is 1. The van der Waals surface area contributed by atoms with E-state index in [4.69, 9.17) is 0 Å². The number of rotatable bonds is 4. The molecule has 1 amide bonds. The molecule has 5 heteroatoms. The summed E-state index contributed by atoms with van der Waals surface area (Å²) in [6, 6.07) is 7.73. The van der Waals surface area contributed by atoms with Crippen LogP contribution in [0, 0.1) is 0 Å². The molecule has 0 aliphatic rings. The molecule has 0 unspecified atom stereocenters. The minimum Gasteiger partial charge on any atom is -0.382 e. The Labute approximate surface area is 110 Å². The van der Waals surface area contributed by atoms with Gasteiger partial charge in [0.15, 0.2) is 5.13 Å². The summed E-state index contributed by atoms with van der Waals surface area (Å²) in [6.45, 7) is 4.07. The molecule has 0 aliphatic carbocycles. The predicted molar refractivity (Wildman–Crippen MR) is 75.3 cm³/mol. The molecule has 4 nitrogen and oxygen atoms in total. The molecule has 0 bridgehead atoms. The number of carbonyl (C=O) groups excluding carboxylic acids is 1. The topological polar surface area (TPSA) is 54.0 Å². The fraction of sp³-hybridized carbons (Fsp3) is 0.231. The summed E-state index contributed by atoms with van der Waals surface area (Å²) in [7, 11) is 0. The van der Waals surface area contributed by atoms with Gasteiger partial charge in [0.2, 0.25) is 0 Å². The number of benzene rings is 1. The molecule has 2 rings (SSSR count). The van der Waals surface area contributed by atoms with Crippen molar-refractivity contribution in [2.45, 2.75) is 19.9 Å². The summed E-state index contributed by atoms with van der Waals surface area (Å²) in [5.41, 5.74) is 1.46. The second-order valence-corrected chi connectivity index (χ2v) is 5.03. The lowest BCUT2D eigenvalue weighted by Gasteiger charge is -2.13. The molecule has 0 saturated carbocycles. The molecule has 0 spiro atoms. The zero-order valence-electron chi connectivity index (χ0n) is 10.3. The van der Waals surface area contributed by atoms with Crippen molar-refractivity contribution in [2.75, 3.05) is 10.6 Å². The van der Waals surface area contributed by atoms with Gasteiger partial charge in [0.25, 0.3) is 5.91 Å². The molecule has 18 heavy (non-hydrogen) atoms. The summed E-state index contributed by atoms with van der Waals surface area (Å²) >= 11 is 1.40. The number of aromatic nitrogens is 1. The minimum absolute atomic E-state index is 0.145. The largest absolute Gasteiger partial charge is 0.382 e. The summed E-state index contributed by atoms with van der Waals surface area (Å²) in [4.78, 5) is 16.2. The van der Waals surface area contributed by atoms with Crippen LogP contribution in [0.5, 0.6) is 0 Å². The second kappa shape index (κ2) is 5.64. The Kier molecular flexibility index (Phi) is 3.94. The highest BCUT2D eigenvalue weighted by Gasteiger charge is 2.12. The molecule has 2 N–H and O–H groups in total. The molecule has 0 saturated heterocycles. The average Bonchev–Trinajstić information content (AvgIpc) is 2.81. The van der Waals surface area contributed by atoms with Gasteiger partial charge in [-0.3, -0.25) is 10.1 Å². The number of carbonyl (C=O) groups is 1. The van der Waals surface area contributed by atoms with Gasteiger partial charge >= 0.3 is 0 Å². The maximum absolute atomic E-state index is 12.1. The molecule has 0 radical (unpaired) electrons. The minimum atomic E-state index is -0.145. The first-order valence-corrected chi connectivity index (χ1v) is 6.61. The van der Waals surface area contributed by atoms with Gasteiger partial charge in [0.1, 0.15) is 0 Å². The lowest BCUT2D eigenvalue weighted by Crippen LogP contribution is -2.17. The van der Waals surface area contributed by atoms with E-state index in [1.54, 1.807) is 12.3 Å². The van der Waals surface area contributed by atoms with Crippen LogP contribution in [0.1, 0.15) is 24.2 Å². The van der Waals surface area contributed by atoms with Crippen molar-refractivity contribution in [1.29, 1.82) is 0 Å². The van der Waals surface area contributed by atoms with Crippen molar-refractivity contribution in [1.82, 2.24) is 4.98 Å². The number of amides is 1. The summed E-state index contributed by atoms with van der Waals surface area (Å²) < 4.78 is 0. The van der Waals surface area contributed by atoms with E-state index in [0.717, 1.165) is 5.69 Å². The maximum Gasteiger partial charge on any atom is 0.259 e. The van der Waals surface area contributed by atoms with Crippen LogP contribution in [0.4, 0.5) is 10.8 Å². The van der Waals surface area contributed by atoms with Crippen LogP contribution in [0.25, 0.3) is 0 Å². The van der Waals surface area contributed by atoms with Crippen LogP contribution in [-0.2, 0) is 0 Å². The van der Waals surface area contributed by atoms with Gasteiger partial charge < -0.3 is 5.32 Å². The van der Waals surface area contributed by atoms with Crippen LogP contribution < -0.4 is 10.6 Å². The summed E-state index contributed by atoms with van der Waals surface area (Å²) in [5.74, 6) is -0.145. The molecular formula is C13H15N3OS. The zero-order chi connectivity index (χ0) is 13.0. The molecule has 0 atom stereocenters. The number of thiazole rings is 1. The fourth-order valence-corrected chi connectivity index (χ4v) is 2.09. The first kappa shape index (κ1) is 12.6. The monoisotopic (exact) mass is 261 g/mol. The third-order valence-corrected chi connectivity index (χ3v) is 2.96. The Morgan fingerprint density at radius 2 is 2.11 bits per heavy atom. The Morgan fingerprint density at radius 1 is 1.33 bits per heavy atom. The average molecular weight is 261 g/mol. The van der Waals surface area contributed by atoms with Gasteiger partial charge in [-0.15, -0.1) is 11.3 Å². The molecule has 1 heterocycles. The fourth-order valence-electron chi connectivity index (χ4n) is 1.57. The molecule has 0 fully saturated rings. The number of para-hydroxylation sites is 1. The van der Waals surface area contributed by atoms with E-state index >= 15 is 0 Å². The Hall–Kier alpha value is -1.88. The van der Waals surface area contributed by atoms with Gasteiger partial charge in [-0.1, -0.05) is 12.1 Å². The third kappa shape index (κ3) is 3.07. The number of hydrogen-bond acceptors (Lipinski definition) is 4. The highest BCUT2D eigenvalue weighted by molar-refractivity contribution is 7.13. The van der Waals surface area contributed by atoms with Crippen molar-refractivity contribution in [3.63, 3.8) is 0 Å². The highest BCUT2D eigenvalue weighted by atomic mass is 32.1. The van der Waals surface area contributed by atoms with Crippen LogP contribution in [0.3, 0.4) is 0 Å². The Balaban J connectivity index is 2.19. The molecule has 1 aromatic heterocycles. The maximum atomic E-state index is 12.1. The lowest BCUT2D eigenvalue weighted by molar-refractivity contribution is 0.102. The van der Waals surface area contributed by atoms with Crippen molar-refractivity contribution < 1.29 is 4.79 Å². The van der Waals surface area contributed by atoms with Gasteiger partial charge in [-0.2, -0.15) is 0 Å². The molecule has 94 valence electrons. The normalized spacial score (nSPS) is 10.4. The van der Waals surface area contributed by atoms with Crippen molar-refractivity contribution in [3.8, 4) is 0 Å². The lowest BCUT2D eigenvalue weighted by atomic mass is 10.1. The zero-order valence-corrected chi connectivity index (χ0v) is 11.1. The van der Waals surface area contributed by atoms with Gasteiger partial charge in [0.05, 0.1) is 5.56 Å². The van der Waals surface area contributed by atoms with E-state index in [0.29, 0.717) is 10.7 Å². The highest BCUT2D eigenvalue weighted by Crippen LogP contribution is 2.19. The molecule has 0 aliphatic heterocycles. The number of hydrogen-bond donors (Lipinski definition) is 2. The molecule has 1 aromatic carbocycles. The van der Waals surface area contributed by atoms with Gasteiger partial charge in [-0.25, -0.2) is 4.98 Å². The second-order valence-electron chi connectivity index (χ2n) is 4.14. The van der Waals surface area contributed by atoms with Crippen LogP contribution in [0.15, 0.2) is 35.8 Å². The quantitative estimate of drug-likeness (QED) is 0.888. The van der Waals surface area contributed by atoms with E-state index in [9.17, 15) is 4.79 Å². The molecular weight excluding hydrogens is 246 g/mol. The number of nitrogens with one attached hydrogen (secondary N) is 2. The first-order chi connectivity index (χ1) is 8.66. The van der Waals surface area contributed by atoms with Crippen LogP contribution in [0.2, 0.25) is 0 Å².